The van der Waals surface area contributed by atoms with Gasteiger partial charge in [0, 0.05) is 37.6 Å². The minimum atomic E-state index is -0.263. The van der Waals surface area contributed by atoms with Gasteiger partial charge in [-0.05, 0) is 61.7 Å². The van der Waals surface area contributed by atoms with Crippen LogP contribution in [0, 0.1) is 6.92 Å². The summed E-state index contributed by atoms with van der Waals surface area (Å²) in [5.41, 5.74) is 2.59. The minimum Gasteiger partial charge on any atom is -0.457 e. The van der Waals surface area contributed by atoms with Gasteiger partial charge in [-0.3, -0.25) is 0 Å². The molecule has 178 valence electrons. The van der Waals surface area contributed by atoms with Gasteiger partial charge in [0.1, 0.15) is 34.1 Å². The molecule has 9 nitrogen and oxygen atoms in total. The van der Waals surface area contributed by atoms with Gasteiger partial charge in [0.2, 0.25) is 0 Å². The second kappa shape index (κ2) is 10.2. The molecule has 0 spiro atoms. The van der Waals surface area contributed by atoms with E-state index in [0.717, 1.165) is 30.8 Å². The van der Waals surface area contributed by atoms with Crippen LogP contribution in [0.25, 0.3) is 11.5 Å². The Morgan fingerprint density at radius 3 is 2.77 bits per heavy atom. The van der Waals surface area contributed by atoms with Crippen LogP contribution in [0.3, 0.4) is 0 Å². The number of hydrogen-bond acceptors (Lipinski definition) is 10. The van der Waals surface area contributed by atoms with E-state index in [1.54, 1.807) is 24.5 Å². The lowest BCUT2D eigenvalue weighted by atomic mass is 10.2. The molecular weight excluding hydrogens is 462 g/mol. The second-order valence-electron chi connectivity index (χ2n) is 8.49. The number of pyridine rings is 1. The first-order chi connectivity index (χ1) is 17.0. The number of hydrogen-bond donors (Lipinski definition) is 1. The Kier molecular flexibility index (Phi) is 6.73. The Hall–Kier alpha value is -3.76. The average Bonchev–Trinajstić information content (AvgIpc) is 3.48. The zero-order valence-corrected chi connectivity index (χ0v) is 20.3. The van der Waals surface area contributed by atoms with Crippen LogP contribution in [0.4, 0.5) is 11.6 Å². The maximum absolute atomic E-state index is 12.5. The first-order valence-corrected chi connectivity index (χ1v) is 12.2. The molecular formula is C25H25N7O2S. The maximum atomic E-state index is 12.5. The molecule has 1 saturated heterocycles. The van der Waals surface area contributed by atoms with Gasteiger partial charge < -0.3 is 15.0 Å². The van der Waals surface area contributed by atoms with E-state index in [1.165, 1.54) is 11.3 Å². The number of esters is 1. The summed E-state index contributed by atoms with van der Waals surface area (Å²) in [4.78, 5) is 37.6. The highest BCUT2D eigenvalue weighted by molar-refractivity contribution is 7.12. The molecule has 10 heteroatoms. The molecule has 0 aliphatic carbocycles. The Labute approximate surface area is 207 Å². The van der Waals surface area contributed by atoms with Gasteiger partial charge in [-0.25, -0.2) is 29.7 Å². The van der Waals surface area contributed by atoms with Gasteiger partial charge in [0.15, 0.2) is 5.82 Å². The topological polar surface area (TPSA) is 106 Å². The van der Waals surface area contributed by atoms with E-state index in [1.807, 2.05) is 43.6 Å². The van der Waals surface area contributed by atoms with Crippen molar-refractivity contribution >= 4 is 28.9 Å². The number of ether oxygens (including phenoxy) is 1. The zero-order chi connectivity index (χ0) is 24.2. The van der Waals surface area contributed by atoms with Gasteiger partial charge in [0.25, 0.3) is 0 Å². The van der Waals surface area contributed by atoms with Crippen molar-refractivity contribution in [2.45, 2.75) is 25.9 Å². The molecule has 0 aromatic carbocycles. The predicted octanol–water partition coefficient (Wildman–Crippen LogP) is 3.89. The van der Waals surface area contributed by atoms with Crippen molar-refractivity contribution in [2.75, 3.05) is 25.5 Å². The molecule has 1 atom stereocenters. The number of rotatable bonds is 7. The summed E-state index contributed by atoms with van der Waals surface area (Å²) in [6.07, 6.45) is 4.74. The summed E-state index contributed by atoms with van der Waals surface area (Å²) in [5.74, 6) is 2.15. The van der Waals surface area contributed by atoms with Crippen LogP contribution in [-0.2, 0) is 11.2 Å². The van der Waals surface area contributed by atoms with Crippen molar-refractivity contribution in [1.29, 1.82) is 0 Å². The third kappa shape index (κ3) is 5.84. The number of carbonyl (C=O) groups excluding carboxylic acids is 1. The molecule has 5 heterocycles. The van der Waals surface area contributed by atoms with Crippen molar-refractivity contribution in [2.24, 2.45) is 0 Å². The number of thiophene rings is 1. The third-order valence-electron chi connectivity index (χ3n) is 5.57. The summed E-state index contributed by atoms with van der Waals surface area (Å²) in [6.45, 7) is 3.67. The number of anilines is 2. The third-order valence-corrected chi connectivity index (χ3v) is 6.53. The number of aromatic nitrogens is 5. The van der Waals surface area contributed by atoms with Crippen molar-refractivity contribution in [1.82, 2.24) is 29.8 Å². The predicted molar refractivity (Wildman–Crippen MR) is 134 cm³/mol. The highest BCUT2D eigenvalue weighted by Gasteiger charge is 2.24. The summed E-state index contributed by atoms with van der Waals surface area (Å²) >= 11 is 1.39. The normalized spacial score (nSPS) is 15.8. The lowest BCUT2D eigenvalue weighted by Crippen LogP contribution is -2.21. The van der Waals surface area contributed by atoms with Crippen LogP contribution < -0.4 is 5.32 Å². The molecule has 1 aliphatic rings. The van der Waals surface area contributed by atoms with E-state index in [9.17, 15) is 4.79 Å². The number of nitrogens with zero attached hydrogens (tertiary/aromatic N) is 6. The van der Waals surface area contributed by atoms with Gasteiger partial charge in [0.05, 0.1) is 0 Å². The van der Waals surface area contributed by atoms with E-state index in [4.69, 9.17) is 4.74 Å². The fraction of sp³-hybridized carbons (Fsp3) is 0.280. The molecule has 4 aromatic heterocycles. The van der Waals surface area contributed by atoms with Crippen molar-refractivity contribution in [3.05, 3.63) is 76.1 Å². The van der Waals surface area contributed by atoms with Crippen LogP contribution in [0.5, 0.6) is 0 Å². The number of likely N-dealkylation sites (tertiary alicyclic amines) is 1. The summed E-state index contributed by atoms with van der Waals surface area (Å²) < 4.78 is 5.64. The van der Waals surface area contributed by atoms with Gasteiger partial charge in [-0.1, -0.05) is 6.07 Å². The zero-order valence-electron chi connectivity index (χ0n) is 19.5. The summed E-state index contributed by atoms with van der Waals surface area (Å²) in [6, 6.07) is 11.2. The highest BCUT2D eigenvalue weighted by atomic mass is 32.1. The molecule has 0 radical (unpaired) electrons. The smallest absolute Gasteiger partial charge is 0.348 e. The van der Waals surface area contributed by atoms with Crippen LogP contribution in [0.1, 0.15) is 33.2 Å². The Morgan fingerprint density at radius 2 is 1.97 bits per heavy atom. The number of likely N-dealkylation sites (N-methyl/N-ethyl adjacent to an activating group) is 1. The summed E-state index contributed by atoms with van der Waals surface area (Å²) in [7, 11) is 2.03. The molecule has 1 fully saturated rings. The molecule has 1 N–H and O–H groups in total. The molecule has 5 rings (SSSR count). The molecule has 0 saturated carbocycles. The van der Waals surface area contributed by atoms with Crippen molar-refractivity contribution < 1.29 is 9.53 Å². The fourth-order valence-electron chi connectivity index (χ4n) is 3.86. The van der Waals surface area contributed by atoms with E-state index in [-0.39, 0.29) is 12.1 Å². The largest absolute Gasteiger partial charge is 0.457 e. The van der Waals surface area contributed by atoms with Gasteiger partial charge in [-0.15, -0.1) is 11.3 Å². The fourth-order valence-corrected chi connectivity index (χ4v) is 4.66. The SMILES string of the molecule is Cc1cccc(-c2nccc(Nc3ccnc(Cc4csc(C(=O)O[C@H]5CCN(C)C5)c4)n3)n2)n1. The van der Waals surface area contributed by atoms with Crippen molar-refractivity contribution in [3.63, 3.8) is 0 Å². The molecule has 0 unspecified atom stereocenters. The van der Waals surface area contributed by atoms with E-state index in [2.05, 4.69) is 35.1 Å². The van der Waals surface area contributed by atoms with Crippen LogP contribution in [0.2, 0.25) is 0 Å². The molecule has 4 aromatic rings. The van der Waals surface area contributed by atoms with Crippen LogP contribution in [0.15, 0.2) is 54.2 Å². The standard InChI is InChI=1S/C25H25N7O2S/c1-16-4-3-5-19(28-16)24-27-10-7-22(31-24)29-21-6-9-26-23(30-21)13-17-12-20(35-15-17)25(33)34-18-8-11-32(2)14-18/h3-7,9-10,12,15,18H,8,11,13-14H2,1-2H3,(H,26,27,29,30,31)/t18-/m0/s1. The van der Waals surface area contributed by atoms with Gasteiger partial charge in [-0.2, -0.15) is 0 Å². The molecule has 1 aliphatic heterocycles. The summed E-state index contributed by atoms with van der Waals surface area (Å²) in [5, 5.41) is 5.17. The molecule has 0 amide bonds. The number of carbonyl (C=O) groups is 1. The van der Waals surface area contributed by atoms with E-state index < -0.39 is 0 Å². The minimum absolute atomic E-state index is 0.0341. The van der Waals surface area contributed by atoms with Crippen molar-refractivity contribution in [3.8, 4) is 11.5 Å². The Bertz CT molecular complexity index is 1340. The first kappa shape index (κ1) is 23.0. The quantitative estimate of drug-likeness (QED) is 0.389. The van der Waals surface area contributed by atoms with Crippen LogP contribution >= 0.6 is 11.3 Å². The number of aryl methyl sites for hydroxylation is 1. The van der Waals surface area contributed by atoms with Gasteiger partial charge >= 0.3 is 5.97 Å². The lowest BCUT2D eigenvalue weighted by Gasteiger charge is -2.11. The molecule has 35 heavy (non-hydrogen) atoms. The lowest BCUT2D eigenvalue weighted by molar-refractivity contribution is 0.0333. The Balaban J connectivity index is 1.24. The van der Waals surface area contributed by atoms with E-state index >= 15 is 0 Å². The van der Waals surface area contributed by atoms with Crippen LogP contribution in [-0.4, -0.2) is 62.0 Å². The number of nitrogens with one attached hydrogen (secondary N) is 1. The Morgan fingerprint density at radius 1 is 1.14 bits per heavy atom. The van der Waals surface area contributed by atoms with E-state index in [0.29, 0.717) is 40.3 Å². The highest BCUT2D eigenvalue weighted by Crippen LogP contribution is 2.21. The first-order valence-electron chi connectivity index (χ1n) is 11.3. The average molecular weight is 488 g/mol. The monoisotopic (exact) mass is 487 g/mol. The molecule has 0 bridgehead atoms. The second-order valence-corrected chi connectivity index (χ2v) is 9.40. The maximum Gasteiger partial charge on any atom is 0.348 e.